The van der Waals surface area contributed by atoms with Crippen molar-refractivity contribution in [2.45, 2.75) is 128 Å². The van der Waals surface area contributed by atoms with E-state index in [4.69, 9.17) is 9.72 Å². The van der Waals surface area contributed by atoms with Crippen molar-refractivity contribution < 1.29 is 4.74 Å². The fraction of sp³-hybridized carbons (Fsp3) is 0.800. The molecule has 0 radical (unpaired) electrons. The van der Waals surface area contributed by atoms with Crippen molar-refractivity contribution in [2.75, 3.05) is 39.3 Å². The first kappa shape index (κ1) is 28.3. The van der Waals surface area contributed by atoms with Gasteiger partial charge in [-0.3, -0.25) is 14.7 Å². The average molecular weight is 562 g/mol. The molecule has 1 aromatic heterocycles. The van der Waals surface area contributed by atoms with Crippen molar-refractivity contribution in [3.8, 4) is 0 Å². The van der Waals surface area contributed by atoms with Crippen molar-refractivity contribution in [1.29, 1.82) is 0 Å². The van der Waals surface area contributed by atoms with Crippen LogP contribution in [0.5, 0.6) is 0 Å². The van der Waals surface area contributed by atoms with Crippen LogP contribution in [0.15, 0.2) is 24.3 Å². The second-order valence-corrected chi connectivity index (χ2v) is 15.3. The van der Waals surface area contributed by atoms with E-state index >= 15 is 0 Å². The number of nitrogens with zero attached hydrogens (tertiary/aromatic N) is 5. The number of para-hydroxylation sites is 2. The second kappa shape index (κ2) is 11.9. The van der Waals surface area contributed by atoms with Gasteiger partial charge in [-0.2, -0.15) is 0 Å². The number of fused-ring (bicyclic) bond motifs is 5. The molecule has 2 aromatic rings. The number of hydrogen-bond acceptors (Lipinski definition) is 5. The van der Waals surface area contributed by atoms with Gasteiger partial charge < -0.3 is 9.30 Å². The third kappa shape index (κ3) is 6.27. The molecule has 2 aliphatic carbocycles. The summed E-state index contributed by atoms with van der Waals surface area (Å²) in [6.45, 7) is 13.8. The molecule has 3 aliphatic heterocycles. The van der Waals surface area contributed by atoms with Gasteiger partial charge in [0.15, 0.2) is 0 Å². The number of piperazine rings is 1. The van der Waals surface area contributed by atoms with Crippen LogP contribution in [0.2, 0.25) is 0 Å². The fourth-order valence-electron chi connectivity index (χ4n) is 9.60. The Morgan fingerprint density at radius 3 is 2.12 bits per heavy atom. The predicted molar refractivity (Wildman–Crippen MR) is 167 cm³/mol. The van der Waals surface area contributed by atoms with E-state index in [0.717, 1.165) is 75.8 Å². The molecule has 226 valence electrons. The van der Waals surface area contributed by atoms with Crippen LogP contribution >= 0.6 is 0 Å². The molecule has 6 atom stereocenters. The van der Waals surface area contributed by atoms with Crippen LogP contribution in [0.1, 0.15) is 103 Å². The number of aromatic nitrogens is 2. The Kier molecular flexibility index (Phi) is 8.22. The first-order valence-electron chi connectivity index (χ1n) is 17.2. The maximum Gasteiger partial charge on any atom is 0.124 e. The Labute approximate surface area is 248 Å². The molecule has 5 aliphatic rings. The summed E-state index contributed by atoms with van der Waals surface area (Å²) in [5.74, 6) is 3.34. The standard InChI is InChI=1S/C35H55N5O/c1-35(2,3)41-19-18-37-14-16-38(17-15-37)25-34-36-32-12-4-5-13-33(32)40(34)31-23-28-10-7-11-29(24-31)39(28)30-21-26-8-6-9-27(20-26)22-30/h4-5,12-13,26-31H,6-11,14-25H2,1-3H3/t26-,27+,28-,29+,30?,31?. The lowest BCUT2D eigenvalue weighted by Gasteiger charge is -2.55. The molecular formula is C35H55N5O. The first-order valence-corrected chi connectivity index (χ1v) is 17.2. The zero-order valence-corrected chi connectivity index (χ0v) is 26.1. The van der Waals surface area contributed by atoms with Crippen molar-refractivity contribution in [3.63, 3.8) is 0 Å². The van der Waals surface area contributed by atoms with Crippen molar-refractivity contribution >= 4 is 11.0 Å². The van der Waals surface area contributed by atoms with Gasteiger partial charge in [0.1, 0.15) is 5.82 Å². The minimum atomic E-state index is -0.0506. The fourth-order valence-corrected chi connectivity index (χ4v) is 9.60. The maximum absolute atomic E-state index is 6.00. The minimum absolute atomic E-state index is 0.0506. The molecule has 6 nitrogen and oxygen atoms in total. The van der Waals surface area contributed by atoms with Gasteiger partial charge >= 0.3 is 0 Å². The highest BCUT2D eigenvalue weighted by Gasteiger charge is 2.45. The Morgan fingerprint density at radius 1 is 0.756 bits per heavy atom. The van der Waals surface area contributed by atoms with Crippen LogP contribution < -0.4 is 0 Å². The second-order valence-electron chi connectivity index (χ2n) is 15.3. The van der Waals surface area contributed by atoms with Crippen LogP contribution in [-0.2, 0) is 11.3 Å². The summed E-state index contributed by atoms with van der Waals surface area (Å²) in [5.41, 5.74) is 2.50. The molecule has 6 heteroatoms. The van der Waals surface area contributed by atoms with Crippen LogP contribution in [0.4, 0.5) is 0 Å². The number of ether oxygens (including phenoxy) is 1. The maximum atomic E-state index is 6.00. The number of benzene rings is 1. The van der Waals surface area contributed by atoms with E-state index in [9.17, 15) is 0 Å². The molecule has 4 heterocycles. The normalized spacial score (nSPS) is 33.8. The molecule has 0 amide bonds. The SMILES string of the molecule is CC(C)(C)OCCN1CCN(Cc2nc3ccccc3n2C2C[C@H]3CCC[C@@H](C2)N3C2C[C@H]3CCC[C@@H](C2)C3)CC1. The quantitative estimate of drug-likeness (QED) is 0.386. The van der Waals surface area contributed by atoms with Crippen molar-refractivity contribution in [3.05, 3.63) is 30.1 Å². The van der Waals surface area contributed by atoms with E-state index in [1.807, 2.05) is 0 Å². The van der Waals surface area contributed by atoms with E-state index in [2.05, 4.69) is 64.3 Å². The summed E-state index contributed by atoms with van der Waals surface area (Å²) >= 11 is 0. The lowest BCUT2D eigenvalue weighted by atomic mass is 9.68. The Balaban J connectivity index is 1.05. The Hall–Kier alpha value is -1.47. The predicted octanol–water partition coefficient (Wildman–Crippen LogP) is 6.50. The first-order chi connectivity index (χ1) is 19.9. The van der Waals surface area contributed by atoms with Gasteiger partial charge in [-0.15, -0.1) is 0 Å². The number of rotatable bonds is 7. The van der Waals surface area contributed by atoms with Gasteiger partial charge in [-0.25, -0.2) is 4.98 Å². The van der Waals surface area contributed by atoms with Gasteiger partial charge in [0, 0.05) is 56.9 Å². The molecule has 0 N–H and O–H groups in total. The zero-order chi connectivity index (χ0) is 28.0. The summed E-state index contributed by atoms with van der Waals surface area (Å²) in [4.78, 5) is 13.6. The van der Waals surface area contributed by atoms with Crippen molar-refractivity contribution in [1.82, 2.24) is 24.3 Å². The van der Waals surface area contributed by atoms with E-state index in [1.54, 1.807) is 0 Å². The minimum Gasteiger partial charge on any atom is -0.375 e. The van der Waals surface area contributed by atoms with E-state index in [0.29, 0.717) is 6.04 Å². The summed E-state index contributed by atoms with van der Waals surface area (Å²) < 4.78 is 8.71. The van der Waals surface area contributed by atoms with Gasteiger partial charge in [0.05, 0.1) is 29.8 Å². The van der Waals surface area contributed by atoms with E-state index < -0.39 is 0 Å². The van der Waals surface area contributed by atoms with Crippen LogP contribution in [-0.4, -0.2) is 87.3 Å². The van der Waals surface area contributed by atoms with E-state index in [-0.39, 0.29) is 5.60 Å². The smallest absolute Gasteiger partial charge is 0.124 e. The molecule has 4 bridgehead atoms. The third-order valence-corrected chi connectivity index (χ3v) is 11.3. The highest BCUT2D eigenvalue weighted by atomic mass is 16.5. The van der Waals surface area contributed by atoms with Crippen LogP contribution in [0.3, 0.4) is 0 Å². The molecule has 1 aromatic carbocycles. The van der Waals surface area contributed by atoms with Crippen molar-refractivity contribution in [2.24, 2.45) is 11.8 Å². The molecule has 0 spiro atoms. The monoisotopic (exact) mass is 561 g/mol. The molecule has 7 rings (SSSR count). The lowest BCUT2D eigenvalue weighted by molar-refractivity contribution is -0.0487. The lowest BCUT2D eigenvalue weighted by Crippen LogP contribution is -2.58. The largest absolute Gasteiger partial charge is 0.375 e. The Morgan fingerprint density at radius 2 is 1.41 bits per heavy atom. The Bertz CT molecular complexity index is 1140. The summed E-state index contributed by atoms with van der Waals surface area (Å²) in [5, 5.41) is 0. The van der Waals surface area contributed by atoms with Gasteiger partial charge in [0.2, 0.25) is 0 Å². The van der Waals surface area contributed by atoms with Gasteiger partial charge in [-0.1, -0.05) is 37.8 Å². The molecule has 5 fully saturated rings. The average Bonchev–Trinajstić information content (AvgIpc) is 3.30. The molecule has 3 saturated heterocycles. The molecule has 2 saturated carbocycles. The third-order valence-electron chi connectivity index (χ3n) is 11.3. The van der Waals surface area contributed by atoms with Crippen LogP contribution in [0.25, 0.3) is 11.0 Å². The number of hydrogen-bond donors (Lipinski definition) is 0. The highest BCUT2D eigenvalue weighted by Crippen LogP contribution is 2.48. The van der Waals surface area contributed by atoms with Gasteiger partial charge in [-0.05, 0) is 89.7 Å². The zero-order valence-electron chi connectivity index (χ0n) is 26.1. The summed E-state index contributed by atoms with van der Waals surface area (Å²) in [6.07, 6.45) is 15.9. The highest BCUT2D eigenvalue weighted by molar-refractivity contribution is 5.76. The summed E-state index contributed by atoms with van der Waals surface area (Å²) in [7, 11) is 0. The molecular weight excluding hydrogens is 506 g/mol. The topological polar surface area (TPSA) is 36.8 Å². The molecule has 2 unspecified atom stereocenters. The number of piperidine rings is 2. The number of imidazole rings is 1. The molecule has 41 heavy (non-hydrogen) atoms. The van der Waals surface area contributed by atoms with E-state index in [1.165, 1.54) is 87.5 Å². The van der Waals surface area contributed by atoms with Crippen LogP contribution in [0, 0.1) is 11.8 Å². The summed E-state index contributed by atoms with van der Waals surface area (Å²) in [6, 6.07) is 11.9. The van der Waals surface area contributed by atoms with Gasteiger partial charge in [0.25, 0.3) is 0 Å².